The highest BCUT2D eigenvalue weighted by atomic mass is 16.4. The molecule has 2 amide bonds. The van der Waals surface area contributed by atoms with Crippen molar-refractivity contribution < 1.29 is 14.7 Å². The van der Waals surface area contributed by atoms with E-state index in [1.54, 1.807) is 12.1 Å². The summed E-state index contributed by atoms with van der Waals surface area (Å²) in [7, 11) is 0. The Labute approximate surface area is 115 Å². The number of benzene rings is 2. The molecule has 3 rings (SSSR count). The third kappa shape index (κ3) is 2.56. The molecule has 0 heterocycles. The number of fused-ring (bicyclic) bond motifs is 1. The van der Waals surface area contributed by atoms with Crippen LogP contribution in [-0.4, -0.2) is 23.1 Å². The predicted octanol–water partition coefficient (Wildman–Crippen LogP) is 2.82. The van der Waals surface area contributed by atoms with Gasteiger partial charge in [-0.1, -0.05) is 24.3 Å². The summed E-state index contributed by atoms with van der Waals surface area (Å²) in [5.41, 5.74) is 0.406. The van der Waals surface area contributed by atoms with Crippen LogP contribution in [0.15, 0.2) is 36.4 Å². The van der Waals surface area contributed by atoms with Crippen LogP contribution in [-0.2, 0) is 0 Å². The number of amides is 2. The highest BCUT2D eigenvalue weighted by molar-refractivity contribution is 6.04. The molecule has 5 nitrogen and oxygen atoms in total. The van der Waals surface area contributed by atoms with Crippen LogP contribution in [0.25, 0.3) is 10.8 Å². The minimum Gasteiger partial charge on any atom is -0.478 e. The lowest BCUT2D eigenvalue weighted by Gasteiger charge is -2.11. The average molecular weight is 270 g/mol. The molecule has 0 saturated heterocycles. The lowest BCUT2D eigenvalue weighted by atomic mass is 10.0. The number of urea groups is 1. The zero-order chi connectivity index (χ0) is 14.1. The number of aromatic carboxylic acids is 1. The van der Waals surface area contributed by atoms with Crippen LogP contribution in [0, 0.1) is 0 Å². The number of nitrogens with one attached hydrogen (secondary N) is 2. The zero-order valence-electron chi connectivity index (χ0n) is 10.7. The van der Waals surface area contributed by atoms with E-state index in [4.69, 9.17) is 0 Å². The standard InChI is InChI=1S/C15H14N2O3/c18-14(19)12-7-9-3-1-2-4-10(9)8-13(12)17-15(20)16-11-5-6-11/h1-4,7-8,11H,5-6H2,(H,18,19)(H2,16,17,20). The molecule has 0 unspecified atom stereocenters. The first-order valence-electron chi connectivity index (χ1n) is 6.47. The van der Waals surface area contributed by atoms with E-state index in [-0.39, 0.29) is 17.6 Å². The fraction of sp³-hybridized carbons (Fsp3) is 0.200. The van der Waals surface area contributed by atoms with Gasteiger partial charge < -0.3 is 15.7 Å². The van der Waals surface area contributed by atoms with Crippen molar-refractivity contribution in [2.45, 2.75) is 18.9 Å². The summed E-state index contributed by atoms with van der Waals surface area (Å²) in [4.78, 5) is 23.1. The van der Waals surface area contributed by atoms with Gasteiger partial charge in [0.05, 0.1) is 11.3 Å². The highest BCUT2D eigenvalue weighted by Gasteiger charge is 2.24. The van der Waals surface area contributed by atoms with Crippen molar-refractivity contribution >= 4 is 28.5 Å². The molecule has 1 aliphatic carbocycles. The number of carboxylic acid groups (broad SMARTS) is 1. The molecule has 2 aromatic rings. The molecular weight excluding hydrogens is 256 g/mol. The van der Waals surface area contributed by atoms with Crippen LogP contribution in [0.2, 0.25) is 0 Å². The van der Waals surface area contributed by atoms with Crippen molar-refractivity contribution in [3.8, 4) is 0 Å². The minimum atomic E-state index is -1.06. The Morgan fingerprint density at radius 1 is 1.10 bits per heavy atom. The topological polar surface area (TPSA) is 78.4 Å². The fourth-order valence-corrected chi connectivity index (χ4v) is 2.09. The third-order valence-corrected chi connectivity index (χ3v) is 3.28. The van der Waals surface area contributed by atoms with Crippen LogP contribution in [0.4, 0.5) is 10.5 Å². The molecule has 0 aliphatic heterocycles. The van der Waals surface area contributed by atoms with Crippen molar-refractivity contribution in [1.82, 2.24) is 5.32 Å². The van der Waals surface area contributed by atoms with Crippen LogP contribution in [0.3, 0.4) is 0 Å². The summed E-state index contributed by atoms with van der Waals surface area (Å²) in [6.07, 6.45) is 1.97. The fourth-order valence-electron chi connectivity index (χ4n) is 2.09. The van der Waals surface area contributed by atoms with Crippen LogP contribution < -0.4 is 10.6 Å². The van der Waals surface area contributed by atoms with E-state index < -0.39 is 5.97 Å². The van der Waals surface area contributed by atoms with Gasteiger partial charge in [-0.25, -0.2) is 9.59 Å². The Balaban J connectivity index is 1.95. The van der Waals surface area contributed by atoms with Crippen molar-refractivity contribution in [3.63, 3.8) is 0 Å². The van der Waals surface area contributed by atoms with Crippen molar-refractivity contribution in [1.29, 1.82) is 0 Å². The Hall–Kier alpha value is -2.56. The summed E-state index contributed by atoms with van der Waals surface area (Å²) in [5, 5.41) is 16.4. The number of anilines is 1. The second kappa shape index (κ2) is 4.85. The van der Waals surface area contributed by atoms with Gasteiger partial charge in [0.1, 0.15) is 0 Å². The van der Waals surface area contributed by atoms with Crippen LogP contribution in [0.1, 0.15) is 23.2 Å². The molecule has 0 bridgehead atoms. The summed E-state index contributed by atoms with van der Waals surface area (Å²) >= 11 is 0. The molecule has 3 N–H and O–H groups in total. The number of carbonyl (C=O) groups excluding carboxylic acids is 1. The Bertz CT molecular complexity index is 693. The second-order valence-electron chi connectivity index (χ2n) is 4.92. The lowest BCUT2D eigenvalue weighted by molar-refractivity contribution is 0.0698. The van der Waals surface area contributed by atoms with E-state index in [1.165, 1.54) is 0 Å². The number of carbonyl (C=O) groups is 2. The van der Waals surface area contributed by atoms with Crippen LogP contribution in [0.5, 0.6) is 0 Å². The largest absolute Gasteiger partial charge is 0.478 e. The number of hydrogen-bond donors (Lipinski definition) is 3. The normalized spacial score (nSPS) is 14.0. The minimum absolute atomic E-state index is 0.0923. The van der Waals surface area contributed by atoms with Gasteiger partial charge in [-0.05, 0) is 35.7 Å². The van der Waals surface area contributed by atoms with E-state index in [0.717, 1.165) is 23.6 Å². The van der Waals surface area contributed by atoms with Crippen molar-refractivity contribution in [2.75, 3.05) is 5.32 Å². The van der Waals surface area contributed by atoms with E-state index in [9.17, 15) is 14.7 Å². The van der Waals surface area contributed by atoms with E-state index in [1.807, 2.05) is 24.3 Å². The predicted molar refractivity (Wildman–Crippen MR) is 76.1 cm³/mol. The molecule has 0 atom stereocenters. The van der Waals surface area contributed by atoms with Gasteiger partial charge in [-0.2, -0.15) is 0 Å². The number of carboxylic acids is 1. The SMILES string of the molecule is O=C(Nc1cc2ccccc2cc1C(=O)O)NC1CC1. The smallest absolute Gasteiger partial charge is 0.337 e. The first-order valence-corrected chi connectivity index (χ1v) is 6.47. The van der Waals surface area contributed by atoms with E-state index >= 15 is 0 Å². The molecule has 5 heteroatoms. The molecular formula is C15H14N2O3. The maximum Gasteiger partial charge on any atom is 0.337 e. The van der Waals surface area contributed by atoms with Gasteiger partial charge in [0.25, 0.3) is 0 Å². The maximum absolute atomic E-state index is 11.8. The number of rotatable bonds is 3. The maximum atomic E-state index is 11.8. The summed E-state index contributed by atoms with van der Waals surface area (Å²) in [6, 6.07) is 10.6. The summed E-state index contributed by atoms with van der Waals surface area (Å²) in [5.74, 6) is -1.06. The van der Waals surface area contributed by atoms with Gasteiger partial charge in [0.2, 0.25) is 0 Å². The molecule has 1 saturated carbocycles. The van der Waals surface area contributed by atoms with E-state index in [2.05, 4.69) is 10.6 Å². The Morgan fingerprint density at radius 2 is 1.75 bits per heavy atom. The van der Waals surface area contributed by atoms with Gasteiger partial charge >= 0.3 is 12.0 Å². The second-order valence-corrected chi connectivity index (χ2v) is 4.92. The van der Waals surface area contributed by atoms with Gasteiger partial charge in [0.15, 0.2) is 0 Å². The zero-order valence-corrected chi connectivity index (χ0v) is 10.7. The molecule has 0 spiro atoms. The monoisotopic (exact) mass is 270 g/mol. The molecule has 1 aliphatic rings. The molecule has 2 aromatic carbocycles. The Morgan fingerprint density at radius 3 is 2.35 bits per heavy atom. The van der Waals surface area contributed by atoms with Crippen molar-refractivity contribution in [2.24, 2.45) is 0 Å². The summed E-state index contributed by atoms with van der Waals surface area (Å²) in [6.45, 7) is 0. The molecule has 1 fully saturated rings. The number of hydrogen-bond acceptors (Lipinski definition) is 2. The summed E-state index contributed by atoms with van der Waals surface area (Å²) < 4.78 is 0. The third-order valence-electron chi connectivity index (χ3n) is 3.28. The van der Waals surface area contributed by atoms with Gasteiger partial charge in [-0.3, -0.25) is 0 Å². The van der Waals surface area contributed by atoms with E-state index in [0.29, 0.717) is 5.69 Å². The van der Waals surface area contributed by atoms with Crippen molar-refractivity contribution in [3.05, 3.63) is 42.0 Å². The first kappa shape index (κ1) is 12.5. The average Bonchev–Trinajstić information content (AvgIpc) is 3.21. The lowest BCUT2D eigenvalue weighted by Crippen LogP contribution is -2.31. The molecule has 102 valence electrons. The molecule has 0 aromatic heterocycles. The molecule has 0 radical (unpaired) electrons. The highest BCUT2D eigenvalue weighted by Crippen LogP contribution is 2.25. The van der Waals surface area contributed by atoms with Crippen LogP contribution >= 0.6 is 0 Å². The van der Waals surface area contributed by atoms with Gasteiger partial charge in [0, 0.05) is 6.04 Å². The Kier molecular flexibility index (Phi) is 3.02. The van der Waals surface area contributed by atoms with Gasteiger partial charge in [-0.15, -0.1) is 0 Å². The quantitative estimate of drug-likeness (QED) is 0.802. The first-order chi connectivity index (χ1) is 9.63. The molecule has 20 heavy (non-hydrogen) atoms.